The van der Waals surface area contributed by atoms with Gasteiger partial charge >= 0.3 is 5.97 Å². The number of anilines is 1. The number of aryl methyl sites for hydroxylation is 1. The topological polar surface area (TPSA) is 86.9 Å². The number of aromatic nitrogens is 2. The zero-order valence-corrected chi connectivity index (χ0v) is 14.4. The summed E-state index contributed by atoms with van der Waals surface area (Å²) in [4.78, 5) is 23.1. The van der Waals surface area contributed by atoms with Crippen molar-refractivity contribution in [3.8, 4) is 0 Å². The molecule has 2 fully saturated rings. The maximum Gasteiger partial charge on any atom is 0.342 e. The van der Waals surface area contributed by atoms with Crippen molar-refractivity contribution in [2.45, 2.75) is 32.5 Å². The highest BCUT2D eigenvalue weighted by molar-refractivity contribution is 6.07. The summed E-state index contributed by atoms with van der Waals surface area (Å²) in [6.07, 6.45) is 2.97. The number of nitrogens with zero attached hydrogens (tertiary/aromatic N) is 3. The summed E-state index contributed by atoms with van der Waals surface area (Å²) in [7, 11) is 0. The van der Waals surface area contributed by atoms with Gasteiger partial charge in [0, 0.05) is 25.9 Å². The molecule has 0 aromatic carbocycles. The smallest absolute Gasteiger partial charge is 0.342 e. The average Bonchev–Trinajstić information content (AvgIpc) is 3.19. The summed E-state index contributed by atoms with van der Waals surface area (Å²) < 4.78 is 22.4. The van der Waals surface area contributed by atoms with Gasteiger partial charge in [0.05, 0.1) is 25.2 Å². The Bertz CT molecular complexity index is 787. The van der Waals surface area contributed by atoms with Crippen LogP contribution in [-0.4, -0.2) is 54.6 Å². The predicted molar refractivity (Wildman–Crippen MR) is 88.6 cm³/mol. The molecule has 4 rings (SSSR count). The molecular weight excluding hydrogens is 326 g/mol. The third-order valence-electron chi connectivity index (χ3n) is 4.76. The molecule has 0 saturated carbocycles. The summed E-state index contributed by atoms with van der Waals surface area (Å²) in [5, 5.41) is 0.614. The molecule has 2 saturated heterocycles. The number of ether oxygens (including phenoxy) is 3. The summed E-state index contributed by atoms with van der Waals surface area (Å²) in [5.41, 5.74) is 0.806. The highest BCUT2D eigenvalue weighted by atomic mass is 16.7. The molecule has 2 aromatic heterocycles. The summed E-state index contributed by atoms with van der Waals surface area (Å²) in [6.45, 7) is 6.55. The zero-order chi connectivity index (χ0) is 17.4. The van der Waals surface area contributed by atoms with E-state index in [1.165, 1.54) is 6.33 Å². The van der Waals surface area contributed by atoms with Crippen molar-refractivity contribution in [2.75, 3.05) is 37.8 Å². The van der Waals surface area contributed by atoms with Crippen LogP contribution in [0.3, 0.4) is 0 Å². The van der Waals surface area contributed by atoms with Crippen LogP contribution >= 0.6 is 0 Å². The minimum absolute atomic E-state index is 0.300. The lowest BCUT2D eigenvalue weighted by Gasteiger charge is -2.38. The van der Waals surface area contributed by atoms with Crippen LogP contribution in [0.25, 0.3) is 11.1 Å². The monoisotopic (exact) mass is 347 g/mol. The van der Waals surface area contributed by atoms with Crippen molar-refractivity contribution in [1.82, 2.24) is 9.97 Å². The van der Waals surface area contributed by atoms with Crippen molar-refractivity contribution >= 4 is 22.9 Å². The Kier molecular flexibility index (Phi) is 4.09. The van der Waals surface area contributed by atoms with E-state index in [4.69, 9.17) is 18.6 Å². The minimum atomic E-state index is -0.459. The van der Waals surface area contributed by atoms with E-state index in [1.54, 1.807) is 13.8 Å². The van der Waals surface area contributed by atoms with Crippen LogP contribution in [0, 0.1) is 6.92 Å². The molecule has 0 atom stereocenters. The van der Waals surface area contributed by atoms with Crippen molar-refractivity contribution in [3.63, 3.8) is 0 Å². The molecule has 0 radical (unpaired) electrons. The number of rotatable bonds is 3. The van der Waals surface area contributed by atoms with E-state index in [-0.39, 0.29) is 0 Å². The second-order valence-electron chi connectivity index (χ2n) is 6.23. The van der Waals surface area contributed by atoms with Crippen LogP contribution in [0.4, 0.5) is 5.82 Å². The molecule has 1 spiro atoms. The Morgan fingerprint density at radius 3 is 2.68 bits per heavy atom. The highest BCUT2D eigenvalue weighted by Crippen LogP contribution is 2.36. The lowest BCUT2D eigenvalue weighted by molar-refractivity contribution is -0.169. The van der Waals surface area contributed by atoms with E-state index in [2.05, 4.69) is 14.9 Å². The maximum absolute atomic E-state index is 12.4. The minimum Gasteiger partial charge on any atom is -0.462 e. The van der Waals surface area contributed by atoms with Gasteiger partial charge in [-0.3, -0.25) is 0 Å². The summed E-state index contributed by atoms with van der Waals surface area (Å²) in [6, 6.07) is 0. The molecule has 2 aromatic rings. The first-order chi connectivity index (χ1) is 12.1. The van der Waals surface area contributed by atoms with Gasteiger partial charge in [0.25, 0.3) is 0 Å². The molecular formula is C17H21N3O5. The van der Waals surface area contributed by atoms with Crippen LogP contribution in [0.5, 0.6) is 0 Å². The van der Waals surface area contributed by atoms with Crippen LogP contribution in [0.1, 0.15) is 35.9 Å². The molecule has 0 bridgehead atoms. The predicted octanol–water partition coefficient (Wildman–Crippen LogP) is 2.05. The fraction of sp³-hybridized carbons (Fsp3) is 0.588. The zero-order valence-electron chi connectivity index (χ0n) is 14.4. The SMILES string of the molecule is CCOC(=O)c1c(C)oc2ncnc(N3CCC4(CC3)OCCO4)c12. The molecule has 0 aliphatic carbocycles. The second kappa shape index (κ2) is 6.27. The Balaban J connectivity index is 1.69. The van der Waals surface area contributed by atoms with Gasteiger partial charge in [-0.05, 0) is 13.8 Å². The lowest BCUT2D eigenvalue weighted by Crippen LogP contribution is -2.45. The van der Waals surface area contributed by atoms with Gasteiger partial charge in [0.1, 0.15) is 23.5 Å². The average molecular weight is 347 g/mol. The number of esters is 1. The van der Waals surface area contributed by atoms with Crippen molar-refractivity contribution in [2.24, 2.45) is 0 Å². The molecule has 134 valence electrons. The molecule has 8 nitrogen and oxygen atoms in total. The van der Waals surface area contributed by atoms with E-state index in [9.17, 15) is 4.79 Å². The Labute approximate surface area is 145 Å². The first-order valence-electron chi connectivity index (χ1n) is 8.57. The number of piperidine rings is 1. The second-order valence-corrected chi connectivity index (χ2v) is 6.23. The van der Waals surface area contributed by atoms with Crippen LogP contribution in [0.15, 0.2) is 10.7 Å². The van der Waals surface area contributed by atoms with Gasteiger partial charge in [0.15, 0.2) is 5.79 Å². The van der Waals surface area contributed by atoms with Crippen molar-refractivity contribution in [1.29, 1.82) is 0 Å². The Morgan fingerprint density at radius 1 is 1.28 bits per heavy atom. The van der Waals surface area contributed by atoms with Gasteiger partial charge < -0.3 is 23.5 Å². The van der Waals surface area contributed by atoms with Gasteiger partial charge in [-0.15, -0.1) is 0 Å². The Morgan fingerprint density at radius 2 is 2.00 bits per heavy atom. The van der Waals surface area contributed by atoms with Gasteiger partial charge in [-0.25, -0.2) is 14.8 Å². The number of hydrogen-bond acceptors (Lipinski definition) is 8. The van der Waals surface area contributed by atoms with Gasteiger partial charge in [0.2, 0.25) is 5.71 Å². The van der Waals surface area contributed by atoms with E-state index in [1.807, 2.05) is 0 Å². The van der Waals surface area contributed by atoms with Gasteiger partial charge in [-0.2, -0.15) is 0 Å². The van der Waals surface area contributed by atoms with Crippen LogP contribution in [0.2, 0.25) is 0 Å². The molecule has 25 heavy (non-hydrogen) atoms. The number of carbonyl (C=O) groups is 1. The lowest BCUT2D eigenvalue weighted by atomic mass is 10.0. The molecule has 2 aliphatic rings. The third kappa shape index (κ3) is 2.75. The normalized spacial score (nSPS) is 19.7. The first-order valence-corrected chi connectivity index (χ1v) is 8.57. The fourth-order valence-corrected chi connectivity index (χ4v) is 3.56. The van der Waals surface area contributed by atoms with E-state index in [0.717, 1.165) is 25.9 Å². The van der Waals surface area contributed by atoms with E-state index in [0.29, 0.717) is 48.1 Å². The maximum atomic E-state index is 12.4. The number of carbonyl (C=O) groups excluding carboxylic acids is 1. The van der Waals surface area contributed by atoms with E-state index >= 15 is 0 Å². The number of furan rings is 1. The molecule has 0 unspecified atom stereocenters. The molecule has 8 heteroatoms. The standard InChI is InChI=1S/C17H21N3O5/c1-3-22-16(21)12-11(2)25-15-13(12)14(18-10-19-15)20-6-4-17(5-7-20)23-8-9-24-17/h10H,3-9H2,1-2H3. The summed E-state index contributed by atoms with van der Waals surface area (Å²) >= 11 is 0. The Hall–Kier alpha value is -2.19. The number of hydrogen-bond donors (Lipinski definition) is 0. The fourth-order valence-electron chi connectivity index (χ4n) is 3.56. The highest BCUT2D eigenvalue weighted by Gasteiger charge is 2.40. The number of fused-ring (bicyclic) bond motifs is 1. The van der Waals surface area contributed by atoms with E-state index < -0.39 is 11.8 Å². The molecule has 2 aliphatic heterocycles. The molecule has 4 heterocycles. The molecule has 0 N–H and O–H groups in total. The molecule has 0 amide bonds. The van der Waals surface area contributed by atoms with Crippen molar-refractivity contribution in [3.05, 3.63) is 17.7 Å². The summed E-state index contributed by atoms with van der Waals surface area (Å²) in [5.74, 6) is 0.313. The van der Waals surface area contributed by atoms with Crippen LogP contribution in [-0.2, 0) is 14.2 Å². The first kappa shape index (κ1) is 16.3. The third-order valence-corrected chi connectivity index (χ3v) is 4.76. The van der Waals surface area contributed by atoms with Crippen LogP contribution < -0.4 is 4.90 Å². The largest absolute Gasteiger partial charge is 0.462 e. The van der Waals surface area contributed by atoms with Gasteiger partial charge in [-0.1, -0.05) is 0 Å². The van der Waals surface area contributed by atoms with Crippen molar-refractivity contribution < 1.29 is 23.4 Å². The quantitative estimate of drug-likeness (QED) is 0.780.